The van der Waals surface area contributed by atoms with Crippen molar-refractivity contribution in [3.8, 4) is 0 Å². The average Bonchev–Trinajstić information content (AvgIpc) is 2.16. The van der Waals surface area contributed by atoms with E-state index in [9.17, 15) is 5.11 Å². The molecule has 0 unspecified atom stereocenters. The van der Waals surface area contributed by atoms with Crippen molar-refractivity contribution in [2.45, 2.75) is 46.3 Å². The molecule has 1 aromatic rings. The first-order valence-electron chi connectivity index (χ1n) is 5.81. The summed E-state index contributed by atoms with van der Waals surface area (Å²) in [5.74, 6) is 0. The number of hydrogen-bond acceptors (Lipinski definition) is 2. The highest BCUT2D eigenvalue weighted by Crippen LogP contribution is 2.26. The standard InChI is InChI=1S/C14H23NO/c1-10-6-5-7-11(8-10)12(16)9-13(15)14(2,3)4/h5-8,12-13,16H,9,15H2,1-4H3/t12-,13+/m1/s1. The van der Waals surface area contributed by atoms with Crippen LogP contribution in [0.5, 0.6) is 0 Å². The Morgan fingerprint density at radius 2 is 1.94 bits per heavy atom. The fourth-order valence-corrected chi connectivity index (χ4v) is 1.61. The van der Waals surface area contributed by atoms with E-state index in [0.29, 0.717) is 6.42 Å². The van der Waals surface area contributed by atoms with Crippen LogP contribution in [0, 0.1) is 12.3 Å². The van der Waals surface area contributed by atoms with Crippen molar-refractivity contribution in [1.29, 1.82) is 0 Å². The summed E-state index contributed by atoms with van der Waals surface area (Å²) in [6, 6.07) is 7.96. The Labute approximate surface area is 98.5 Å². The molecule has 0 aromatic heterocycles. The minimum absolute atomic E-state index is 0.00279. The third kappa shape index (κ3) is 3.62. The van der Waals surface area contributed by atoms with Crippen LogP contribution in [-0.4, -0.2) is 11.1 Å². The van der Waals surface area contributed by atoms with Crippen molar-refractivity contribution in [1.82, 2.24) is 0 Å². The SMILES string of the molecule is Cc1cccc([C@H](O)C[C@H](N)C(C)(C)C)c1. The first kappa shape index (κ1) is 13.2. The van der Waals surface area contributed by atoms with E-state index in [4.69, 9.17) is 5.73 Å². The molecule has 2 nitrogen and oxygen atoms in total. The highest BCUT2D eigenvalue weighted by atomic mass is 16.3. The van der Waals surface area contributed by atoms with Gasteiger partial charge in [0.1, 0.15) is 0 Å². The molecule has 0 aliphatic carbocycles. The summed E-state index contributed by atoms with van der Waals surface area (Å²) in [5.41, 5.74) is 8.23. The zero-order valence-corrected chi connectivity index (χ0v) is 10.7. The van der Waals surface area contributed by atoms with E-state index in [0.717, 1.165) is 5.56 Å². The van der Waals surface area contributed by atoms with Gasteiger partial charge in [0.2, 0.25) is 0 Å². The van der Waals surface area contributed by atoms with Gasteiger partial charge in [-0.25, -0.2) is 0 Å². The van der Waals surface area contributed by atoms with Crippen molar-refractivity contribution < 1.29 is 5.11 Å². The maximum absolute atomic E-state index is 10.1. The molecule has 0 aliphatic heterocycles. The summed E-state index contributed by atoms with van der Waals surface area (Å²) >= 11 is 0. The molecule has 3 N–H and O–H groups in total. The fourth-order valence-electron chi connectivity index (χ4n) is 1.61. The topological polar surface area (TPSA) is 46.2 Å². The maximum Gasteiger partial charge on any atom is 0.0805 e. The quantitative estimate of drug-likeness (QED) is 0.824. The molecule has 0 heterocycles. The zero-order chi connectivity index (χ0) is 12.3. The predicted octanol–water partition coefficient (Wildman–Crippen LogP) is 2.79. The molecule has 0 amide bonds. The van der Waals surface area contributed by atoms with E-state index in [-0.39, 0.29) is 11.5 Å². The molecule has 0 bridgehead atoms. The van der Waals surface area contributed by atoms with Crippen LogP contribution in [-0.2, 0) is 0 Å². The second-order valence-corrected chi connectivity index (χ2v) is 5.64. The lowest BCUT2D eigenvalue weighted by Gasteiger charge is -2.29. The number of aliphatic hydroxyl groups is 1. The predicted molar refractivity (Wildman–Crippen MR) is 68.2 cm³/mol. The van der Waals surface area contributed by atoms with Gasteiger partial charge in [0, 0.05) is 6.04 Å². The van der Waals surface area contributed by atoms with Gasteiger partial charge in [-0.1, -0.05) is 50.6 Å². The summed E-state index contributed by atoms with van der Waals surface area (Å²) < 4.78 is 0. The van der Waals surface area contributed by atoms with Gasteiger partial charge in [0.25, 0.3) is 0 Å². The van der Waals surface area contributed by atoms with Crippen LogP contribution >= 0.6 is 0 Å². The number of rotatable bonds is 3. The van der Waals surface area contributed by atoms with E-state index >= 15 is 0 Å². The minimum Gasteiger partial charge on any atom is -0.388 e. The van der Waals surface area contributed by atoms with Gasteiger partial charge in [-0.3, -0.25) is 0 Å². The molecule has 0 saturated carbocycles. The Balaban J connectivity index is 2.69. The summed E-state index contributed by atoms with van der Waals surface area (Å²) in [5, 5.41) is 10.1. The van der Waals surface area contributed by atoms with E-state index in [2.05, 4.69) is 20.8 Å². The minimum atomic E-state index is -0.464. The summed E-state index contributed by atoms with van der Waals surface area (Å²) in [6.45, 7) is 8.32. The number of benzene rings is 1. The van der Waals surface area contributed by atoms with E-state index < -0.39 is 6.10 Å². The number of nitrogens with two attached hydrogens (primary N) is 1. The molecular formula is C14H23NO. The van der Waals surface area contributed by atoms with Crippen molar-refractivity contribution in [3.05, 3.63) is 35.4 Å². The Morgan fingerprint density at radius 3 is 2.44 bits per heavy atom. The number of hydrogen-bond donors (Lipinski definition) is 2. The van der Waals surface area contributed by atoms with Gasteiger partial charge in [-0.05, 0) is 24.3 Å². The van der Waals surface area contributed by atoms with Crippen LogP contribution in [0.3, 0.4) is 0 Å². The molecule has 2 atom stereocenters. The smallest absolute Gasteiger partial charge is 0.0805 e. The molecular weight excluding hydrogens is 198 g/mol. The van der Waals surface area contributed by atoms with Crippen molar-refractivity contribution in [3.63, 3.8) is 0 Å². The van der Waals surface area contributed by atoms with Crippen molar-refractivity contribution in [2.75, 3.05) is 0 Å². The number of aryl methyl sites for hydroxylation is 1. The molecule has 0 spiro atoms. The third-order valence-corrected chi connectivity index (χ3v) is 3.02. The summed E-state index contributed by atoms with van der Waals surface area (Å²) in [7, 11) is 0. The van der Waals surface area contributed by atoms with E-state index in [1.807, 2.05) is 31.2 Å². The Hall–Kier alpha value is -0.860. The van der Waals surface area contributed by atoms with Gasteiger partial charge >= 0.3 is 0 Å². The van der Waals surface area contributed by atoms with Crippen molar-refractivity contribution >= 4 is 0 Å². The van der Waals surface area contributed by atoms with Crippen LogP contribution in [0.1, 0.15) is 44.4 Å². The highest BCUT2D eigenvalue weighted by Gasteiger charge is 2.23. The largest absolute Gasteiger partial charge is 0.388 e. The fraction of sp³-hybridized carbons (Fsp3) is 0.571. The van der Waals surface area contributed by atoms with Crippen LogP contribution in [0.2, 0.25) is 0 Å². The Kier molecular flexibility index (Phi) is 4.11. The highest BCUT2D eigenvalue weighted by molar-refractivity contribution is 5.24. The molecule has 1 aromatic carbocycles. The summed E-state index contributed by atoms with van der Waals surface area (Å²) in [4.78, 5) is 0. The molecule has 90 valence electrons. The molecule has 0 aliphatic rings. The van der Waals surface area contributed by atoms with Gasteiger partial charge < -0.3 is 10.8 Å². The summed E-state index contributed by atoms with van der Waals surface area (Å²) in [6.07, 6.45) is 0.140. The van der Waals surface area contributed by atoms with Gasteiger partial charge in [0.15, 0.2) is 0 Å². The van der Waals surface area contributed by atoms with Gasteiger partial charge in [-0.2, -0.15) is 0 Å². The maximum atomic E-state index is 10.1. The first-order chi connectivity index (χ1) is 7.30. The van der Waals surface area contributed by atoms with E-state index in [1.54, 1.807) is 0 Å². The molecule has 0 radical (unpaired) electrons. The lowest BCUT2D eigenvalue weighted by Crippen LogP contribution is -2.36. The Bertz CT molecular complexity index is 341. The lowest BCUT2D eigenvalue weighted by atomic mass is 9.83. The van der Waals surface area contributed by atoms with E-state index in [1.165, 1.54) is 5.56 Å². The normalized spacial score (nSPS) is 15.9. The van der Waals surface area contributed by atoms with Crippen LogP contribution in [0.25, 0.3) is 0 Å². The zero-order valence-electron chi connectivity index (χ0n) is 10.7. The molecule has 1 rings (SSSR count). The monoisotopic (exact) mass is 221 g/mol. The van der Waals surface area contributed by atoms with Gasteiger partial charge in [0.05, 0.1) is 6.10 Å². The van der Waals surface area contributed by atoms with Gasteiger partial charge in [-0.15, -0.1) is 0 Å². The molecule has 0 saturated heterocycles. The van der Waals surface area contributed by atoms with Crippen LogP contribution < -0.4 is 5.73 Å². The molecule has 16 heavy (non-hydrogen) atoms. The second kappa shape index (κ2) is 4.98. The average molecular weight is 221 g/mol. The molecule has 2 heteroatoms. The third-order valence-electron chi connectivity index (χ3n) is 3.02. The lowest BCUT2D eigenvalue weighted by molar-refractivity contribution is 0.133. The Morgan fingerprint density at radius 1 is 1.31 bits per heavy atom. The second-order valence-electron chi connectivity index (χ2n) is 5.64. The number of aliphatic hydroxyl groups excluding tert-OH is 1. The van der Waals surface area contributed by atoms with Crippen molar-refractivity contribution in [2.24, 2.45) is 11.1 Å². The first-order valence-corrected chi connectivity index (χ1v) is 5.81. The van der Waals surface area contributed by atoms with Crippen LogP contribution in [0.15, 0.2) is 24.3 Å². The van der Waals surface area contributed by atoms with Crippen LogP contribution in [0.4, 0.5) is 0 Å². The molecule has 0 fully saturated rings.